The van der Waals surface area contributed by atoms with Crippen LogP contribution in [0.25, 0.3) is 21.5 Å². The summed E-state index contributed by atoms with van der Waals surface area (Å²) < 4.78 is 0. The van der Waals surface area contributed by atoms with Gasteiger partial charge >= 0.3 is 0 Å². The van der Waals surface area contributed by atoms with Crippen molar-refractivity contribution in [3.8, 4) is 0 Å². The molecule has 5 rings (SSSR count). The Bertz CT molecular complexity index is 1190. The molecular weight excluding hydrogens is 296 g/mol. The van der Waals surface area contributed by atoms with Gasteiger partial charge in [-0.1, -0.05) is 66.7 Å². The number of ketones is 2. The maximum Gasteiger partial charge on any atom is 0.195 e. The molecule has 0 atom stereocenters. The van der Waals surface area contributed by atoms with E-state index in [0.717, 1.165) is 21.5 Å². The first kappa shape index (κ1) is 13.2. The highest BCUT2D eigenvalue weighted by Crippen LogP contribution is 2.36. The van der Waals surface area contributed by atoms with Gasteiger partial charge in [0.2, 0.25) is 0 Å². The van der Waals surface area contributed by atoms with Crippen LogP contribution < -0.4 is 0 Å². The summed E-state index contributed by atoms with van der Waals surface area (Å²) in [5, 5.41) is 3.93. The summed E-state index contributed by atoms with van der Waals surface area (Å²) in [5.41, 5.74) is 2.03. The molecule has 24 heavy (non-hydrogen) atoms. The van der Waals surface area contributed by atoms with E-state index < -0.39 is 0 Å². The maximum atomic E-state index is 13.2. The zero-order valence-electron chi connectivity index (χ0n) is 12.7. The molecule has 0 aliphatic heterocycles. The first-order chi connectivity index (χ1) is 11.8. The lowest BCUT2D eigenvalue weighted by atomic mass is 9.80. The van der Waals surface area contributed by atoms with Crippen LogP contribution in [-0.2, 0) is 0 Å². The van der Waals surface area contributed by atoms with Crippen LogP contribution in [0.3, 0.4) is 0 Å². The second kappa shape index (κ2) is 4.62. The highest BCUT2D eigenvalue weighted by atomic mass is 16.1. The van der Waals surface area contributed by atoms with E-state index in [1.807, 2.05) is 42.5 Å². The van der Waals surface area contributed by atoms with Crippen molar-refractivity contribution < 1.29 is 9.59 Å². The van der Waals surface area contributed by atoms with Gasteiger partial charge < -0.3 is 0 Å². The van der Waals surface area contributed by atoms with Crippen LogP contribution in [0.4, 0.5) is 0 Å². The maximum absolute atomic E-state index is 13.2. The largest absolute Gasteiger partial charge is 0.289 e. The minimum absolute atomic E-state index is 0.0675. The molecule has 0 spiro atoms. The third-order valence-electron chi connectivity index (χ3n) is 4.80. The van der Waals surface area contributed by atoms with Crippen LogP contribution >= 0.6 is 0 Å². The smallest absolute Gasteiger partial charge is 0.195 e. The molecule has 0 aromatic heterocycles. The number of carbonyl (C=O) groups excluding carboxylic acids is 2. The molecular formula is C22H12O2. The van der Waals surface area contributed by atoms with Crippen LogP contribution in [0.15, 0.2) is 72.8 Å². The Kier molecular flexibility index (Phi) is 2.54. The predicted molar refractivity (Wildman–Crippen MR) is 94.8 cm³/mol. The van der Waals surface area contributed by atoms with Crippen molar-refractivity contribution in [2.24, 2.45) is 0 Å². The van der Waals surface area contributed by atoms with Gasteiger partial charge in [-0.3, -0.25) is 9.59 Å². The van der Waals surface area contributed by atoms with Crippen LogP contribution in [-0.4, -0.2) is 11.6 Å². The molecule has 0 N–H and O–H groups in total. The van der Waals surface area contributed by atoms with Gasteiger partial charge in [-0.2, -0.15) is 0 Å². The number of rotatable bonds is 0. The summed E-state index contributed by atoms with van der Waals surface area (Å²) in [4.78, 5) is 26.0. The van der Waals surface area contributed by atoms with Gasteiger partial charge in [-0.15, -0.1) is 0 Å². The number of hydrogen-bond donors (Lipinski definition) is 0. The number of carbonyl (C=O) groups is 2. The SMILES string of the molecule is O=C1c2ccccc2C(=O)c2c1ccc1ccc3ccccc3c21. The third kappa shape index (κ3) is 1.60. The number of fused-ring (bicyclic) bond motifs is 6. The van der Waals surface area contributed by atoms with Gasteiger partial charge in [0.25, 0.3) is 0 Å². The Labute approximate surface area is 138 Å². The van der Waals surface area contributed by atoms with Crippen molar-refractivity contribution in [2.75, 3.05) is 0 Å². The molecule has 0 heterocycles. The van der Waals surface area contributed by atoms with Crippen LogP contribution in [0.2, 0.25) is 0 Å². The van der Waals surface area contributed by atoms with E-state index in [1.165, 1.54) is 0 Å². The van der Waals surface area contributed by atoms with Crippen molar-refractivity contribution in [2.45, 2.75) is 0 Å². The van der Waals surface area contributed by atoms with Crippen molar-refractivity contribution in [3.05, 3.63) is 95.1 Å². The summed E-state index contributed by atoms with van der Waals surface area (Å²) in [6.45, 7) is 0. The second-order valence-corrected chi connectivity index (χ2v) is 6.08. The normalized spacial score (nSPS) is 13.2. The molecule has 0 saturated carbocycles. The number of hydrogen-bond acceptors (Lipinski definition) is 2. The Morgan fingerprint density at radius 2 is 1.12 bits per heavy atom. The molecule has 0 radical (unpaired) electrons. The molecule has 2 nitrogen and oxygen atoms in total. The van der Waals surface area contributed by atoms with Crippen LogP contribution in [0.1, 0.15) is 31.8 Å². The molecule has 1 aliphatic rings. The number of benzene rings is 4. The Morgan fingerprint density at radius 3 is 1.96 bits per heavy atom. The third-order valence-corrected chi connectivity index (χ3v) is 4.80. The monoisotopic (exact) mass is 308 g/mol. The molecule has 4 aromatic carbocycles. The molecule has 4 aromatic rings. The van der Waals surface area contributed by atoms with E-state index in [9.17, 15) is 9.59 Å². The van der Waals surface area contributed by atoms with Gasteiger partial charge in [0.05, 0.1) is 0 Å². The molecule has 0 bridgehead atoms. The summed E-state index contributed by atoms with van der Waals surface area (Å²) in [5.74, 6) is -0.141. The molecule has 0 unspecified atom stereocenters. The fourth-order valence-corrected chi connectivity index (χ4v) is 3.68. The molecule has 0 saturated heterocycles. The molecule has 112 valence electrons. The van der Waals surface area contributed by atoms with E-state index in [4.69, 9.17) is 0 Å². The molecule has 2 heteroatoms. The average molecular weight is 308 g/mol. The Balaban J connectivity index is 1.99. The molecule has 0 amide bonds. The van der Waals surface area contributed by atoms with E-state index in [-0.39, 0.29) is 11.6 Å². The topological polar surface area (TPSA) is 34.1 Å². The van der Waals surface area contributed by atoms with Crippen LogP contribution in [0.5, 0.6) is 0 Å². The average Bonchev–Trinajstić information content (AvgIpc) is 2.65. The standard InChI is InChI=1S/C22H12O2/c23-21-16-7-3-4-8-17(16)22(24)20-18(21)12-11-14-10-9-13-5-1-2-6-15(13)19(14)20/h1-12H. The van der Waals surface area contributed by atoms with Crippen molar-refractivity contribution in [1.29, 1.82) is 0 Å². The first-order valence-corrected chi connectivity index (χ1v) is 7.88. The minimum atomic E-state index is -0.0740. The first-order valence-electron chi connectivity index (χ1n) is 7.88. The van der Waals surface area contributed by atoms with E-state index >= 15 is 0 Å². The van der Waals surface area contributed by atoms with Crippen molar-refractivity contribution in [1.82, 2.24) is 0 Å². The van der Waals surface area contributed by atoms with Gasteiger partial charge in [0.1, 0.15) is 0 Å². The van der Waals surface area contributed by atoms with Gasteiger partial charge in [-0.05, 0) is 22.2 Å². The van der Waals surface area contributed by atoms with Crippen molar-refractivity contribution in [3.63, 3.8) is 0 Å². The minimum Gasteiger partial charge on any atom is -0.289 e. The van der Waals surface area contributed by atoms with E-state index in [1.54, 1.807) is 30.3 Å². The molecule has 0 fully saturated rings. The van der Waals surface area contributed by atoms with Gasteiger partial charge in [0, 0.05) is 27.6 Å². The van der Waals surface area contributed by atoms with Gasteiger partial charge in [-0.25, -0.2) is 0 Å². The fraction of sp³-hybridized carbons (Fsp3) is 0. The van der Waals surface area contributed by atoms with Crippen molar-refractivity contribution >= 4 is 33.1 Å². The summed E-state index contributed by atoms with van der Waals surface area (Å²) in [7, 11) is 0. The highest BCUT2D eigenvalue weighted by molar-refractivity contribution is 6.34. The van der Waals surface area contributed by atoms with E-state index in [2.05, 4.69) is 0 Å². The quantitative estimate of drug-likeness (QED) is 0.386. The second-order valence-electron chi connectivity index (χ2n) is 6.08. The summed E-state index contributed by atoms with van der Waals surface area (Å²) in [6.07, 6.45) is 0. The summed E-state index contributed by atoms with van der Waals surface area (Å²) >= 11 is 0. The molecule has 1 aliphatic carbocycles. The van der Waals surface area contributed by atoms with Crippen LogP contribution in [0, 0.1) is 0 Å². The zero-order valence-corrected chi connectivity index (χ0v) is 12.7. The Morgan fingerprint density at radius 1 is 0.500 bits per heavy atom. The highest BCUT2D eigenvalue weighted by Gasteiger charge is 2.31. The lowest BCUT2D eigenvalue weighted by Crippen LogP contribution is -2.21. The van der Waals surface area contributed by atoms with E-state index in [0.29, 0.717) is 22.3 Å². The predicted octanol–water partition coefficient (Wildman–Crippen LogP) is 4.77. The Hall–Kier alpha value is -3.26. The zero-order chi connectivity index (χ0) is 16.3. The lowest BCUT2D eigenvalue weighted by molar-refractivity contribution is 0.0980. The summed E-state index contributed by atoms with van der Waals surface area (Å²) in [6, 6.07) is 22.8. The van der Waals surface area contributed by atoms with Gasteiger partial charge in [0.15, 0.2) is 11.6 Å². The lowest BCUT2D eigenvalue weighted by Gasteiger charge is -2.20. The fourth-order valence-electron chi connectivity index (χ4n) is 3.68.